The number of aromatic nitrogens is 1. The molecule has 0 atom stereocenters. The summed E-state index contributed by atoms with van der Waals surface area (Å²) < 4.78 is 26.4. The maximum Gasteiger partial charge on any atom is 0.166 e. The van der Waals surface area contributed by atoms with E-state index < -0.39 is 11.6 Å². The Labute approximate surface area is 92.3 Å². The zero-order valence-corrected chi connectivity index (χ0v) is 8.85. The van der Waals surface area contributed by atoms with Crippen molar-refractivity contribution in [2.45, 2.75) is 0 Å². The summed E-state index contributed by atoms with van der Waals surface area (Å²) in [5.74, 6) is -1.48. The van der Waals surface area contributed by atoms with E-state index in [0.717, 1.165) is 6.07 Å². The fourth-order valence-corrected chi connectivity index (χ4v) is 1.54. The molecule has 1 aromatic heterocycles. The van der Waals surface area contributed by atoms with Crippen LogP contribution in [0.3, 0.4) is 0 Å². The van der Waals surface area contributed by atoms with Gasteiger partial charge in [0, 0.05) is 5.39 Å². The largest absolute Gasteiger partial charge is 0.234 e. The maximum absolute atomic E-state index is 13.5. The highest BCUT2D eigenvalue weighted by atomic mass is 79.9. The quantitative estimate of drug-likeness (QED) is 0.689. The third-order valence-electron chi connectivity index (χ3n) is 1.93. The number of nitrogens with zero attached hydrogens (tertiary/aromatic N) is 2. The van der Waals surface area contributed by atoms with Gasteiger partial charge in [0.2, 0.25) is 0 Å². The Morgan fingerprint density at radius 1 is 1.33 bits per heavy atom. The van der Waals surface area contributed by atoms with Crippen molar-refractivity contribution in [2.24, 2.45) is 0 Å². The van der Waals surface area contributed by atoms with Gasteiger partial charge in [0.15, 0.2) is 5.82 Å². The summed E-state index contributed by atoms with van der Waals surface area (Å²) in [6.45, 7) is 0. The number of rotatable bonds is 0. The van der Waals surface area contributed by atoms with Gasteiger partial charge in [0.05, 0.1) is 4.47 Å². The Balaban J connectivity index is 2.89. The first-order valence-electron chi connectivity index (χ1n) is 3.98. The van der Waals surface area contributed by atoms with Crippen molar-refractivity contribution >= 4 is 26.8 Å². The molecule has 0 spiro atoms. The normalized spacial score (nSPS) is 10.3. The van der Waals surface area contributed by atoms with Crippen LogP contribution in [0.5, 0.6) is 0 Å². The van der Waals surface area contributed by atoms with E-state index in [1.165, 1.54) is 12.1 Å². The van der Waals surface area contributed by atoms with Crippen LogP contribution in [-0.2, 0) is 0 Å². The van der Waals surface area contributed by atoms with Crippen molar-refractivity contribution in [3.8, 4) is 6.07 Å². The first-order chi connectivity index (χ1) is 7.13. The lowest BCUT2D eigenvalue weighted by Crippen LogP contribution is -1.92. The van der Waals surface area contributed by atoms with Crippen molar-refractivity contribution in [1.29, 1.82) is 5.26 Å². The number of pyridine rings is 1. The minimum absolute atomic E-state index is 0.0117. The molecule has 0 saturated heterocycles. The third-order valence-corrected chi connectivity index (χ3v) is 2.66. The van der Waals surface area contributed by atoms with E-state index in [0.29, 0.717) is 5.39 Å². The van der Waals surface area contributed by atoms with Crippen LogP contribution in [0.15, 0.2) is 22.7 Å². The van der Waals surface area contributed by atoms with Gasteiger partial charge in [-0.3, -0.25) is 0 Å². The van der Waals surface area contributed by atoms with Crippen LogP contribution in [0.2, 0.25) is 0 Å². The molecule has 0 unspecified atom stereocenters. The van der Waals surface area contributed by atoms with Gasteiger partial charge in [-0.2, -0.15) is 5.26 Å². The number of hydrogen-bond acceptors (Lipinski definition) is 2. The van der Waals surface area contributed by atoms with Gasteiger partial charge in [-0.15, -0.1) is 0 Å². The summed E-state index contributed by atoms with van der Waals surface area (Å²) in [4.78, 5) is 3.76. The standard InChI is InChI=1S/C10H3BrF2N2/c11-8-7(12)3-5-1-2-6(4-14)15-10(5)9(8)13/h1-3H. The second-order valence-electron chi connectivity index (χ2n) is 2.87. The highest BCUT2D eigenvalue weighted by Crippen LogP contribution is 2.26. The average Bonchev–Trinajstić information content (AvgIpc) is 2.26. The van der Waals surface area contributed by atoms with Gasteiger partial charge in [-0.1, -0.05) is 0 Å². The molecule has 15 heavy (non-hydrogen) atoms. The molecule has 0 bridgehead atoms. The molecule has 0 amide bonds. The lowest BCUT2D eigenvalue weighted by Gasteiger charge is -2.02. The van der Waals surface area contributed by atoms with E-state index in [2.05, 4.69) is 20.9 Å². The number of benzene rings is 1. The second kappa shape index (κ2) is 3.55. The summed E-state index contributed by atoms with van der Waals surface area (Å²) in [6.07, 6.45) is 0. The monoisotopic (exact) mass is 268 g/mol. The molecular formula is C10H3BrF2N2. The molecule has 0 fully saturated rings. The first kappa shape index (κ1) is 9.99. The number of fused-ring (bicyclic) bond motifs is 1. The molecule has 2 nitrogen and oxygen atoms in total. The molecule has 2 rings (SSSR count). The average molecular weight is 269 g/mol. The smallest absolute Gasteiger partial charge is 0.166 e. The molecule has 2 aromatic rings. The van der Waals surface area contributed by atoms with Crippen LogP contribution in [0.4, 0.5) is 8.78 Å². The topological polar surface area (TPSA) is 36.7 Å². The Hall–Kier alpha value is -1.54. The summed E-state index contributed by atoms with van der Waals surface area (Å²) in [5.41, 5.74) is 0.0854. The zero-order valence-electron chi connectivity index (χ0n) is 7.26. The van der Waals surface area contributed by atoms with Gasteiger partial charge in [0.1, 0.15) is 23.1 Å². The fraction of sp³-hybridized carbons (Fsp3) is 0. The van der Waals surface area contributed by atoms with Gasteiger partial charge in [-0.05, 0) is 34.1 Å². The molecule has 1 heterocycles. The molecule has 0 aliphatic heterocycles. The minimum atomic E-state index is -0.790. The van der Waals surface area contributed by atoms with Crippen molar-refractivity contribution in [2.75, 3.05) is 0 Å². The molecule has 0 N–H and O–H groups in total. The molecule has 0 saturated carbocycles. The Bertz CT molecular complexity index is 590. The first-order valence-corrected chi connectivity index (χ1v) is 4.77. The predicted octanol–water partition coefficient (Wildman–Crippen LogP) is 3.15. The molecule has 0 radical (unpaired) electrons. The summed E-state index contributed by atoms with van der Waals surface area (Å²) in [6, 6.07) is 5.83. The van der Waals surface area contributed by atoms with Crippen LogP contribution in [0.1, 0.15) is 5.69 Å². The highest BCUT2D eigenvalue weighted by Gasteiger charge is 2.12. The second-order valence-corrected chi connectivity index (χ2v) is 3.66. The van der Waals surface area contributed by atoms with E-state index in [1.807, 2.05) is 0 Å². The van der Waals surface area contributed by atoms with E-state index in [1.54, 1.807) is 6.07 Å². The van der Waals surface area contributed by atoms with Crippen LogP contribution in [0, 0.1) is 23.0 Å². The SMILES string of the molecule is N#Cc1ccc2cc(F)c(Br)c(F)c2n1. The number of halogens is 3. The molecule has 1 aromatic carbocycles. The van der Waals surface area contributed by atoms with E-state index in [-0.39, 0.29) is 15.7 Å². The summed E-state index contributed by atoms with van der Waals surface area (Å²) >= 11 is 2.77. The van der Waals surface area contributed by atoms with E-state index in [4.69, 9.17) is 5.26 Å². The van der Waals surface area contributed by atoms with Crippen molar-refractivity contribution in [1.82, 2.24) is 4.98 Å². The molecule has 5 heteroatoms. The van der Waals surface area contributed by atoms with Crippen LogP contribution in [0.25, 0.3) is 10.9 Å². The number of hydrogen-bond donors (Lipinski definition) is 0. The van der Waals surface area contributed by atoms with Crippen molar-refractivity contribution < 1.29 is 8.78 Å². The van der Waals surface area contributed by atoms with E-state index in [9.17, 15) is 8.78 Å². The van der Waals surface area contributed by atoms with Gasteiger partial charge >= 0.3 is 0 Å². The molecule has 0 aliphatic rings. The zero-order chi connectivity index (χ0) is 11.0. The summed E-state index contributed by atoms with van der Waals surface area (Å²) in [7, 11) is 0. The van der Waals surface area contributed by atoms with Gasteiger partial charge in [0.25, 0.3) is 0 Å². The van der Waals surface area contributed by atoms with Crippen molar-refractivity contribution in [3.05, 3.63) is 40.0 Å². The Morgan fingerprint density at radius 2 is 2.07 bits per heavy atom. The minimum Gasteiger partial charge on any atom is -0.234 e. The highest BCUT2D eigenvalue weighted by molar-refractivity contribution is 9.10. The van der Waals surface area contributed by atoms with Gasteiger partial charge < -0.3 is 0 Å². The predicted molar refractivity (Wildman–Crippen MR) is 54.1 cm³/mol. The van der Waals surface area contributed by atoms with Crippen LogP contribution >= 0.6 is 15.9 Å². The third kappa shape index (κ3) is 1.57. The van der Waals surface area contributed by atoms with Crippen LogP contribution < -0.4 is 0 Å². The van der Waals surface area contributed by atoms with E-state index >= 15 is 0 Å². The molecule has 74 valence electrons. The Morgan fingerprint density at radius 3 is 2.73 bits per heavy atom. The van der Waals surface area contributed by atoms with Crippen LogP contribution in [-0.4, -0.2) is 4.98 Å². The van der Waals surface area contributed by atoms with Gasteiger partial charge in [-0.25, -0.2) is 13.8 Å². The number of nitriles is 1. The molecular weight excluding hydrogens is 266 g/mol. The van der Waals surface area contributed by atoms with Crippen molar-refractivity contribution in [3.63, 3.8) is 0 Å². The maximum atomic E-state index is 13.5. The fourth-order valence-electron chi connectivity index (χ4n) is 1.23. The lowest BCUT2D eigenvalue weighted by atomic mass is 10.2. The lowest BCUT2D eigenvalue weighted by molar-refractivity contribution is 0.579. The molecule has 0 aliphatic carbocycles. The summed E-state index contributed by atoms with van der Waals surface area (Å²) in [5, 5.41) is 8.92. The Kier molecular flexibility index (Phi) is 2.37.